The minimum atomic E-state index is -0.500. The average molecular weight is 200 g/mol. The molecule has 0 saturated carbocycles. The first-order chi connectivity index (χ1) is 4.15. The van der Waals surface area contributed by atoms with Gasteiger partial charge in [-0.25, -0.2) is 0 Å². The molecular weight excluding hydrogens is 188 g/mol. The van der Waals surface area contributed by atoms with E-state index in [2.05, 4.69) is 24.9 Å². The summed E-state index contributed by atoms with van der Waals surface area (Å²) in [5, 5.41) is 8.53. The first-order valence-electron chi connectivity index (χ1n) is 2.92. The molecule has 0 atom stereocenters. The van der Waals surface area contributed by atoms with Gasteiger partial charge in [-0.05, 0) is 12.2 Å². The number of aliphatic hydroxyl groups excluding tert-OH is 1. The maximum Gasteiger partial charge on any atom is 0.251 e. The summed E-state index contributed by atoms with van der Waals surface area (Å²) in [6.07, 6.45) is 2.82. The molecule has 0 aromatic rings. The summed E-state index contributed by atoms with van der Waals surface area (Å²) in [4.78, 5) is 0. The fraction of sp³-hybridized carbons (Fsp3) is 0.800. The molecule has 0 bridgehead atoms. The van der Waals surface area contributed by atoms with Gasteiger partial charge in [0.1, 0.15) is 0 Å². The molecule has 4 heteroatoms. The summed E-state index contributed by atoms with van der Waals surface area (Å²) in [6.45, 7) is 2.23. The first-order valence-corrected chi connectivity index (χ1v) is 5.43. The van der Waals surface area contributed by atoms with Crippen molar-refractivity contribution in [2.75, 3.05) is 0 Å². The maximum atomic E-state index is 7.56. The van der Waals surface area contributed by atoms with Crippen molar-refractivity contribution in [3.63, 3.8) is 0 Å². The van der Waals surface area contributed by atoms with E-state index in [-0.39, 0.29) is 0 Å². The summed E-state index contributed by atoms with van der Waals surface area (Å²) < 4.78 is 0. The summed E-state index contributed by atoms with van der Waals surface area (Å²) >= 11 is 5.35. The summed E-state index contributed by atoms with van der Waals surface area (Å²) in [7, 11) is 0. The molecular formula is C5H12NOSZn. The molecule has 0 aliphatic rings. The van der Waals surface area contributed by atoms with Crippen LogP contribution in [-0.2, 0) is 18.3 Å². The Morgan fingerprint density at radius 1 is 1.78 bits per heavy atom. The quantitative estimate of drug-likeness (QED) is 0.524. The number of thiocarbonyl (C=S) groups is 1. The smallest absolute Gasteiger partial charge is 0.251 e. The van der Waals surface area contributed by atoms with Gasteiger partial charge in [-0.2, -0.15) is 0 Å². The van der Waals surface area contributed by atoms with Crippen molar-refractivity contribution in [3.8, 4) is 0 Å². The number of hydrogen-bond acceptors (Lipinski definition) is 1. The van der Waals surface area contributed by atoms with Crippen LogP contribution in [0, 0.1) is 0 Å². The summed E-state index contributed by atoms with van der Waals surface area (Å²) in [6, 6.07) is 0. The van der Waals surface area contributed by atoms with Crippen molar-refractivity contribution in [1.82, 2.24) is 0 Å². The zero-order valence-electron chi connectivity index (χ0n) is 5.76. The third-order valence-corrected chi connectivity index (χ3v) is 1.65. The largest absolute Gasteiger partial charge is 0.487 e. The Kier molecular flexibility index (Phi) is 14.9. The molecule has 2 nitrogen and oxygen atoms in total. The van der Waals surface area contributed by atoms with Crippen LogP contribution in [0.4, 0.5) is 0 Å². The molecule has 0 rings (SSSR count). The number of rotatable bonds is 2. The van der Waals surface area contributed by atoms with Crippen molar-refractivity contribution in [2.24, 2.45) is 5.73 Å². The van der Waals surface area contributed by atoms with Crippen LogP contribution in [0.25, 0.3) is 0 Å². The van der Waals surface area contributed by atoms with E-state index in [0.29, 0.717) is 0 Å². The molecule has 0 aliphatic carbocycles. The number of hydrogen-bond donors (Lipinski definition) is 2. The minimum Gasteiger partial charge on any atom is -0.487 e. The number of unbranched alkanes of at least 4 members (excludes halogenated alkanes) is 1. The summed E-state index contributed by atoms with van der Waals surface area (Å²) in [5.74, 6) is 0. The molecule has 0 unspecified atom stereocenters. The fourth-order valence-electron chi connectivity index (χ4n) is 0.250. The predicted molar refractivity (Wildman–Crippen MR) is 39.1 cm³/mol. The molecule has 0 saturated heterocycles. The second-order valence-corrected chi connectivity index (χ2v) is 3.45. The fourth-order valence-corrected chi connectivity index (χ4v) is 1.30. The van der Waals surface area contributed by atoms with Gasteiger partial charge in [0.15, 0.2) is 0 Å². The standard InChI is InChI=1S/C4H9.CH3NOS.Zn/c1-3-4-2;2-1(3)4;/h1,3-4H2,2H3;(H3,2,3,4);. The van der Waals surface area contributed by atoms with Gasteiger partial charge < -0.3 is 10.8 Å². The van der Waals surface area contributed by atoms with Crippen LogP contribution in [0.1, 0.15) is 19.8 Å². The normalized spacial score (nSPS) is 7.44. The van der Waals surface area contributed by atoms with Crippen molar-refractivity contribution in [3.05, 3.63) is 0 Å². The molecule has 0 fully saturated rings. The zero-order valence-corrected chi connectivity index (χ0v) is 9.54. The van der Waals surface area contributed by atoms with Gasteiger partial charge >= 0.3 is 43.1 Å². The van der Waals surface area contributed by atoms with E-state index in [4.69, 9.17) is 5.11 Å². The van der Waals surface area contributed by atoms with Crippen LogP contribution in [-0.4, -0.2) is 10.3 Å². The van der Waals surface area contributed by atoms with E-state index in [1.165, 1.54) is 36.2 Å². The first kappa shape index (κ1) is 12.0. The van der Waals surface area contributed by atoms with Crippen LogP contribution >= 0.6 is 12.2 Å². The molecule has 51 valence electrons. The van der Waals surface area contributed by atoms with E-state index in [1.807, 2.05) is 0 Å². The average Bonchev–Trinajstić information content (AvgIpc) is 1.66. The molecule has 0 aromatic heterocycles. The Balaban J connectivity index is 0. The molecule has 0 aliphatic heterocycles. The molecule has 0 amide bonds. The van der Waals surface area contributed by atoms with Crippen molar-refractivity contribution in [2.45, 2.75) is 24.8 Å². The third-order valence-electron chi connectivity index (χ3n) is 0.604. The van der Waals surface area contributed by atoms with Crippen molar-refractivity contribution < 1.29 is 23.4 Å². The van der Waals surface area contributed by atoms with E-state index in [1.54, 1.807) is 0 Å². The van der Waals surface area contributed by atoms with E-state index < -0.39 is 5.17 Å². The SMILES string of the molecule is CCC[CH2][Zn].NC(O)=S. The van der Waals surface area contributed by atoms with Crippen molar-refractivity contribution in [1.29, 1.82) is 0 Å². The van der Waals surface area contributed by atoms with Crippen LogP contribution in [0.15, 0.2) is 0 Å². The minimum absolute atomic E-state index is 0.500. The number of nitrogens with two attached hydrogens (primary N) is 1. The van der Waals surface area contributed by atoms with Gasteiger partial charge in [0.25, 0.3) is 5.17 Å². The van der Waals surface area contributed by atoms with Gasteiger partial charge in [-0.1, -0.05) is 0 Å². The Labute approximate surface area is 71.5 Å². The van der Waals surface area contributed by atoms with Crippen molar-refractivity contribution >= 4 is 17.4 Å². The van der Waals surface area contributed by atoms with Gasteiger partial charge in [0, 0.05) is 0 Å². The van der Waals surface area contributed by atoms with Crippen LogP contribution in [0.2, 0.25) is 5.02 Å². The Morgan fingerprint density at radius 2 is 2.11 bits per heavy atom. The van der Waals surface area contributed by atoms with Crippen LogP contribution in [0.3, 0.4) is 0 Å². The summed E-state index contributed by atoms with van der Waals surface area (Å²) in [5.41, 5.74) is 4.40. The van der Waals surface area contributed by atoms with Gasteiger partial charge in [0.2, 0.25) is 0 Å². The molecule has 0 aromatic carbocycles. The van der Waals surface area contributed by atoms with E-state index in [0.717, 1.165) is 0 Å². The predicted octanol–water partition coefficient (Wildman–Crippen LogP) is 1.54. The molecule has 0 spiro atoms. The third kappa shape index (κ3) is 61.9. The molecule has 0 heterocycles. The monoisotopic (exact) mass is 198 g/mol. The topological polar surface area (TPSA) is 46.2 Å². The molecule has 9 heavy (non-hydrogen) atoms. The Morgan fingerprint density at radius 3 is 2.11 bits per heavy atom. The maximum absolute atomic E-state index is 7.56. The van der Waals surface area contributed by atoms with Gasteiger partial charge in [-0.15, -0.1) is 0 Å². The Bertz CT molecular complexity index is 64.0. The van der Waals surface area contributed by atoms with Crippen LogP contribution < -0.4 is 5.73 Å². The number of aliphatic hydroxyl groups is 1. The van der Waals surface area contributed by atoms with Gasteiger partial charge in [-0.3, -0.25) is 0 Å². The second-order valence-electron chi connectivity index (χ2n) is 1.55. The van der Waals surface area contributed by atoms with E-state index in [9.17, 15) is 0 Å². The second kappa shape index (κ2) is 11.2. The van der Waals surface area contributed by atoms with Gasteiger partial charge in [0.05, 0.1) is 0 Å². The molecule has 3 N–H and O–H groups in total. The Hall–Kier alpha value is 0.313. The zero-order chi connectivity index (χ0) is 7.70. The van der Waals surface area contributed by atoms with E-state index >= 15 is 0 Å². The molecule has 0 radical (unpaired) electrons. The van der Waals surface area contributed by atoms with Crippen LogP contribution in [0.5, 0.6) is 0 Å².